The van der Waals surface area contributed by atoms with Crippen molar-refractivity contribution in [1.29, 1.82) is 0 Å². The number of carbonyl (C=O) groups excluding carboxylic acids is 10. The highest BCUT2D eigenvalue weighted by atomic mass is 19.1. The van der Waals surface area contributed by atoms with Crippen molar-refractivity contribution < 1.29 is 99.7 Å². The Morgan fingerprint density at radius 2 is 0.510 bits per heavy atom. The van der Waals surface area contributed by atoms with Crippen LogP contribution in [0.1, 0.15) is 107 Å². The number of hydrogen-bond donors (Lipinski definition) is 0. The van der Waals surface area contributed by atoms with Crippen LogP contribution in [0.15, 0.2) is 242 Å². The van der Waals surface area contributed by atoms with Crippen LogP contribution in [-0.2, 0) is 47.9 Å². The molecule has 0 saturated heterocycles. The van der Waals surface area contributed by atoms with Crippen molar-refractivity contribution in [2.45, 2.75) is 73.6 Å². The van der Waals surface area contributed by atoms with E-state index < -0.39 is 65.5 Å². The van der Waals surface area contributed by atoms with Crippen LogP contribution in [0.2, 0.25) is 0 Å². The molecule has 20 nitrogen and oxygen atoms in total. The standard InChI is InChI=1S/C29H26O8.C28H28O6.C26H23FO6/c1-7-21(20-13-15-23(35-27(31)9-3)25(17-20)37-29(33)11-5)18(6)19-12-14-22(34-26(30)8-2)24(16-19)36-28(32)10-4;1-6-11-23(19-12-15-21(16-13-19)32-26(29)8-3)22(7-2)20-14-17-24(33-27(30)9-4)25(18-20)34-28(31)10-5;1-6-19(16(5)17-10-12-21(20(27)14-17)31-24(28)7-2)18-11-13-22(32-25(29)8-3)23(15-18)33-26(30)9-4/h8-17H,2-5,7H2,1,6H3;8-10,12-18H,3-7,11H2,1-2H3;7-15H,2-4,6H2,1,5H3/b21-18+;23-22+;19-16+. The molecular weight excluding hydrogens is 1340 g/mol. The molecule has 0 amide bonds. The molecule has 0 bridgehead atoms. The van der Waals surface area contributed by atoms with Crippen LogP contribution in [0.3, 0.4) is 0 Å². The van der Waals surface area contributed by atoms with Crippen LogP contribution in [0, 0.1) is 5.82 Å². The van der Waals surface area contributed by atoms with Gasteiger partial charge in [-0.05, 0) is 179 Å². The van der Waals surface area contributed by atoms with Gasteiger partial charge in [0.25, 0.3) is 0 Å². The number of hydrogen-bond acceptors (Lipinski definition) is 20. The minimum atomic E-state index is -0.762. The zero-order chi connectivity index (χ0) is 77.2. The monoisotopic (exact) mass is 1410 g/mol. The number of rotatable bonds is 31. The van der Waals surface area contributed by atoms with E-state index in [2.05, 4.69) is 72.7 Å². The molecule has 0 aromatic heterocycles. The molecule has 0 heterocycles. The molecule has 0 atom stereocenters. The largest absolute Gasteiger partial charge is 0.423 e. The minimum Gasteiger partial charge on any atom is -0.423 e. The van der Waals surface area contributed by atoms with Gasteiger partial charge in [0.05, 0.1) is 0 Å². The van der Waals surface area contributed by atoms with Crippen molar-refractivity contribution >= 4 is 93.1 Å². The lowest BCUT2D eigenvalue weighted by Gasteiger charge is -2.17. The summed E-state index contributed by atoms with van der Waals surface area (Å²) in [6.45, 7) is 45.3. The molecular formula is C83H77FO20. The average Bonchev–Trinajstić information content (AvgIpc) is 0.819. The Bertz CT molecular complexity index is 4490. The molecule has 6 aromatic rings. The van der Waals surface area contributed by atoms with Crippen LogP contribution in [0.25, 0.3) is 33.4 Å². The molecule has 0 spiro atoms. The summed E-state index contributed by atoms with van der Waals surface area (Å²) < 4.78 is 66.4. The molecule has 0 radical (unpaired) electrons. The van der Waals surface area contributed by atoms with Gasteiger partial charge in [-0.3, -0.25) is 0 Å². The first-order chi connectivity index (χ1) is 49.8. The van der Waals surface area contributed by atoms with Gasteiger partial charge in [0.15, 0.2) is 57.6 Å². The van der Waals surface area contributed by atoms with E-state index in [1.165, 1.54) is 30.3 Å². The zero-order valence-corrected chi connectivity index (χ0v) is 58.4. The van der Waals surface area contributed by atoms with E-state index >= 15 is 0 Å². The van der Waals surface area contributed by atoms with Gasteiger partial charge < -0.3 is 47.4 Å². The fourth-order valence-corrected chi connectivity index (χ4v) is 9.57. The van der Waals surface area contributed by atoms with Crippen LogP contribution < -0.4 is 47.4 Å². The topological polar surface area (TPSA) is 263 Å². The smallest absolute Gasteiger partial charge is 0.335 e. The normalized spacial score (nSPS) is 10.9. The molecule has 0 aliphatic carbocycles. The molecule has 21 heteroatoms. The number of halogens is 1. The van der Waals surface area contributed by atoms with Crippen molar-refractivity contribution in [3.05, 3.63) is 281 Å². The molecule has 0 fully saturated rings. The first-order valence-electron chi connectivity index (χ1n) is 31.8. The zero-order valence-electron chi connectivity index (χ0n) is 58.4. The van der Waals surface area contributed by atoms with E-state index in [0.717, 1.165) is 118 Å². The highest BCUT2D eigenvalue weighted by molar-refractivity contribution is 5.96. The maximum absolute atomic E-state index is 14.5. The number of benzene rings is 6. The molecule has 0 aliphatic rings. The fourth-order valence-electron chi connectivity index (χ4n) is 9.57. The predicted octanol–water partition coefficient (Wildman–Crippen LogP) is 16.9. The van der Waals surface area contributed by atoms with Crippen molar-refractivity contribution in [2.75, 3.05) is 0 Å². The number of allylic oxidation sites excluding steroid dienone is 6. The van der Waals surface area contributed by atoms with E-state index in [1.807, 2.05) is 52.8 Å². The van der Waals surface area contributed by atoms with Gasteiger partial charge in [0.1, 0.15) is 5.75 Å². The summed E-state index contributed by atoms with van der Waals surface area (Å²) in [5.74, 6) is -7.11. The van der Waals surface area contributed by atoms with E-state index in [0.29, 0.717) is 47.3 Å². The van der Waals surface area contributed by atoms with E-state index in [4.69, 9.17) is 47.4 Å². The number of carbonyl (C=O) groups is 10. The molecule has 6 rings (SSSR count). The van der Waals surface area contributed by atoms with E-state index in [-0.39, 0.29) is 51.7 Å². The fraction of sp³-hybridized carbons (Fsp3) is 0.133. The summed E-state index contributed by atoms with van der Waals surface area (Å²) >= 11 is 0. The quantitative estimate of drug-likeness (QED) is 0.0169. The highest BCUT2D eigenvalue weighted by Crippen LogP contribution is 2.41. The van der Waals surface area contributed by atoms with Gasteiger partial charge in [0, 0.05) is 60.8 Å². The van der Waals surface area contributed by atoms with Crippen molar-refractivity contribution in [3.8, 4) is 57.5 Å². The third kappa shape index (κ3) is 24.5. The summed E-state index contributed by atoms with van der Waals surface area (Å²) in [7, 11) is 0. The Hall–Kier alpha value is -13.4. The second-order valence-electron chi connectivity index (χ2n) is 21.0. The third-order valence-electron chi connectivity index (χ3n) is 14.4. The maximum atomic E-state index is 14.5. The highest BCUT2D eigenvalue weighted by Gasteiger charge is 2.22. The predicted molar refractivity (Wildman–Crippen MR) is 395 cm³/mol. The van der Waals surface area contributed by atoms with E-state index in [9.17, 15) is 52.3 Å². The molecule has 0 N–H and O–H groups in total. The third-order valence-corrected chi connectivity index (χ3v) is 14.4. The lowest BCUT2D eigenvalue weighted by molar-refractivity contribution is -0.131. The second-order valence-corrected chi connectivity index (χ2v) is 21.0. The van der Waals surface area contributed by atoms with Gasteiger partial charge in [0.2, 0.25) is 0 Å². The van der Waals surface area contributed by atoms with Gasteiger partial charge in [-0.25, -0.2) is 52.3 Å². The Labute approximate surface area is 602 Å². The van der Waals surface area contributed by atoms with Crippen molar-refractivity contribution in [3.63, 3.8) is 0 Å². The molecule has 6 aromatic carbocycles. The summed E-state index contributed by atoms with van der Waals surface area (Å²) in [6.07, 6.45) is 13.5. The summed E-state index contributed by atoms with van der Waals surface area (Å²) in [4.78, 5) is 117. The Morgan fingerprint density at radius 3 is 0.788 bits per heavy atom. The molecule has 104 heavy (non-hydrogen) atoms. The van der Waals surface area contributed by atoms with Crippen LogP contribution in [-0.4, -0.2) is 59.7 Å². The lowest BCUT2D eigenvalue weighted by atomic mass is 9.90. The second kappa shape index (κ2) is 41.9. The summed E-state index contributed by atoms with van der Waals surface area (Å²) in [5, 5.41) is 0. The molecule has 0 aliphatic heterocycles. The van der Waals surface area contributed by atoms with E-state index in [1.54, 1.807) is 66.7 Å². The van der Waals surface area contributed by atoms with Gasteiger partial charge in [-0.15, -0.1) is 0 Å². The van der Waals surface area contributed by atoms with Crippen molar-refractivity contribution in [1.82, 2.24) is 0 Å². The van der Waals surface area contributed by atoms with Crippen molar-refractivity contribution in [2.24, 2.45) is 0 Å². The molecule has 0 unspecified atom stereocenters. The minimum absolute atomic E-state index is 0.0136. The SMILES string of the molecule is C=CC(=O)Oc1ccc(/C(C)=C(\CC)c2ccc(OC(=O)C=C)c(OC(=O)C=C)c2)cc1F.C=CC(=O)Oc1ccc(/C(C)=C(\CC)c2ccc(OC(=O)C=C)c(OC(=O)C=C)c2)cc1OC(=O)C=C.C=CC(=O)Oc1ccc(/C(CCC)=C(\CC)c2ccc(OC(=O)C=C)c(OC(=O)C=C)c2)cc1. The Morgan fingerprint density at radius 1 is 0.279 bits per heavy atom. The Balaban J connectivity index is 0.000000331. The Kier molecular flexibility index (Phi) is 33.4. The maximum Gasteiger partial charge on any atom is 0.335 e. The molecule has 0 saturated carbocycles. The first-order valence-corrected chi connectivity index (χ1v) is 31.8. The number of esters is 10. The van der Waals surface area contributed by atoms with Gasteiger partial charge in [-0.1, -0.05) is 142 Å². The van der Waals surface area contributed by atoms with Crippen LogP contribution in [0.4, 0.5) is 4.39 Å². The summed E-state index contributed by atoms with van der Waals surface area (Å²) in [5.41, 5.74) is 9.70. The van der Waals surface area contributed by atoms with Gasteiger partial charge in [-0.2, -0.15) is 0 Å². The first kappa shape index (κ1) is 83.0. The summed E-state index contributed by atoms with van der Waals surface area (Å²) in [6, 6.07) is 30.8. The van der Waals surface area contributed by atoms with Gasteiger partial charge >= 0.3 is 59.7 Å². The van der Waals surface area contributed by atoms with Crippen LogP contribution in [0.5, 0.6) is 57.5 Å². The molecule has 536 valence electrons. The average molecular weight is 1410 g/mol. The van der Waals surface area contributed by atoms with Crippen LogP contribution >= 0.6 is 0 Å². The lowest BCUT2D eigenvalue weighted by Crippen LogP contribution is -2.09. The number of ether oxygens (including phenoxy) is 10.